The maximum atomic E-state index is 14.0. The molecule has 152 valence electrons. The summed E-state index contributed by atoms with van der Waals surface area (Å²) in [5, 5.41) is 0.884. The molecule has 30 heavy (non-hydrogen) atoms. The maximum Gasteiger partial charge on any atom is 0.310 e. The summed E-state index contributed by atoms with van der Waals surface area (Å²) >= 11 is 1.54. The minimum absolute atomic E-state index is 0.161. The summed E-state index contributed by atoms with van der Waals surface area (Å²) in [7, 11) is 0. The van der Waals surface area contributed by atoms with Crippen LogP contribution in [0.1, 0.15) is 18.1 Å². The van der Waals surface area contributed by atoms with Crippen LogP contribution >= 0.6 is 11.8 Å². The molecule has 0 atom stereocenters. The molecule has 0 aliphatic rings. The molecule has 0 N–H and O–H groups in total. The third-order valence-corrected chi connectivity index (χ3v) is 6.07. The van der Waals surface area contributed by atoms with Crippen molar-refractivity contribution < 1.29 is 13.9 Å². The van der Waals surface area contributed by atoms with Gasteiger partial charge in [0, 0.05) is 22.9 Å². The first-order valence-electron chi connectivity index (χ1n) is 9.70. The van der Waals surface area contributed by atoms with Crippen LogP contribution < -0.4 is 0 Å². The van der Waals surface area contributed by atoms with E-state index in [1.165, 1.54) is 12.3 Å². The Kier molecular flexibility index (Phi) is 5.86. The van der Waals surface area contributed by atoms with Crippen molar-refractivity contribution in [2.75, 3.05) is 6.61 Å². The first-order chi connectivity index (χ1) is 14.6. The predicted octanol–water partition coefficient (Wildman–Crippen LogP) is 5.71. The van der Waals surface area contributed by atoms with Crippen molar-refractivity contribution in [3.05, 3.63) is 83.9 Å². The van der Waals surface area contributed by atoms with Gasteiger partial charge in [-0.15, -0.1) is 0 Å². The second-order valence-corrected chi connectivity index (χ2v) is 7.90. The van der Waals surface area contributed by atoms with E-state index >= 15 is 0 Å². The van der Waals surface area contributed by atoms with E-state index in [-0.39, 0.29) is 18.2 Å². The van der Waals surface area contributed by atoms with Gasteiger partial charge in [0.2, 0.25) is 0 Å². The van der Waals surface area contributed by atoms with Crippen LogP contribution in [0.2, 0.25) is 0 Å². The van der Waals surface area contributed by atoms with Crippen molar-refractivity contribution in [1.29, 1.82) is 0 Å². The number of benzene rings is 1. The van der Waals surface area contributed by atoms with Crippen molar-refractivity contribution in [3.63, 3.8) is 0 Å². The SMILES string of the molecule is CCOC(=O)Cc1c(C)c(Sc2ccc(-c3ccccn3)cc2)n2cc(F)ccc12. The molecule has 0 fully saturated rings. The van der Waals surface area contributed by atoms with Crippen LogP contribution in [0.4, 0.5) is 4.39 Å². The number of ether oxygens (including phenoxy) is 1. The van der Waals surface area contributed by atoms with Gasteiger partial charge in [-0.05, 0) is 61.4 Å². The molecule has 4 rings (SSSR count). The fraction of sp³-hybridized carbons (Fsp3) is 0.167. The van der Waals surface area contributed by atoms with Gasteiger partial charge in [0.15, 0.2) is 0 Å². The highest BCUT2D eigenvalue weighted by molar-refractivity contribution is 7.99. The third kappa shape index (κ3) is 4.09. The molecule has 4 nitrogen and oxygen atoms in total. The third-order valence-electron chi connectivity index (χ3n) is 4.87. The number of hydrogen-bond donors (Lipinski definition) is 0. The zero-order valence-corrected chi connectivity index (χ0v) is 17.6. The van der Waals surface area contributed by atoms with E-state index in [1.807, 2.05) is 53.8 Å². The van der Waals surface area contributed by atoms with Gasteiger partial charge in [0.1, 0.15) is 5.82 Å². The van der Waals surface area contributed by atoms with Crippen LogP contribution in [0.5, 0.6) is 0 Å². The van der Waals surface area contributed by atoms with Crippen LogP contribution in [0.15, 0.2) is 76.9 Å². The second kappa shape index (κ2) is 8.71. The van der Waals surface area contributed by atoms with Gasteiger partial charge >= 0.3 is 5.97 Å². The lowest BCUT2D eigenvalue weighted by Crippen LogP contribution is -2.08. The van der Waals surface area contributed by atoms with E-state index in [0.717, 1.165) is 37.8 Å². The summed E-state index contributed by atoms with van der Waals surface area (Å²) in [5.41, 5.74) is 4.57. The van der Waals surface area contributed by atoms with Gasteiger partial charge in [0.25, 0.3) is 0 Å². The average Bonchev–Trinajstić information content (AvgIpc) is 3.00. The molecule has 0 spiro atoms. The molecule has 0 saturated heterocycles. The van der Waals surface area contributed by atoms with Gasteiger partial charge in [0.05, 0.1) is 29.3 Å². The summed E-state index contributed by atoms with van der Waals surface area (Å²) in [6.45, 7) is 4.08. The first kappa shape index (κ1) is 20.2. The normalized spacial score (nSPS) is 11.0. The molecular weight excluding hydrogens is 399 g/mol. The highest BCUT2D eigenvalue weighted by Crippen LogP contribution is 2.36. The molecule has 0 unspecified atom stereocenters. The minimum Gasteiger partial charge on any atom is -0.466 e. The maximum absolute atomic E-state index is 14.0. The van der Waals surface area contributed by atoms with Crippen molar-refractivity contribution in [2.45, 2.75) is 30.2 Å². The van der Waals surface area contributed by atoms with E-state index in [9.17, 15) is 9.18 Å². The molecule has 1 aromatic carbocycles. The van der Waals surface area contributed by atoms with E-state index in [2.05, 4.69) is 4.98 Å². The number of pyridine rings is 2. The Bertz CT molecular complexity index is 1190. The van der Waals surface area contributed by atoms with Crippen LogP contribution in [0.3, 0.4) is 0 Å². The molecule has 4 aromatic rings. The van der Waals surface area contributed by atoms with Crippen LogP contribution in [-0.4, -0.2) is 22.0 Å². The van der Waals surface area contributed by atoms with Crippen molar-refractivity contribution in [1.82, 2.24) is 9.38 Å². The number of halogens is 1. The van der Waals surface area contributed by atoms with Crippen LogP contribution in [0, 0.1) is 12.7 Å². The Morgan fingerprint density at radius 1 is 1.13 bits per heavy atom. The molecular formula is C24H21FN2O2S. The Morgan fingerprint density at radius 3 is 2.63 bits per heavy atom. The summed E-state index contributed by atoms with van der Waals surface area (Å²) in [5.74, 6) is -0.610. The number of rotatable bonds is 6. The molecule has 0 saturated carbocycles. The zero-order valence-electron chi connectivity index (χ0n) is 16.8. The van der Waals surface area contributed by atoms with Gasteiger partial charge < -0.3 is 9.14 Å². The van der Waals surface area contributed by atoms with Crippen molar-refractivity contribution >= 4 is 23.2 Å². The number of carbonyl (C=O) groups is 1. The molecule has 0 bridgehead atoms. The number of carbonyl (C=O) groups excluding carboxylic acids is 1. The lowest BCUT2D eigenvalue weighted by molar-refractivity contribution is -0.142. The van der Waals surface area contributed by atoms with E-state index in [0.29, 0.717) is 6.61 Å². The molecule has 0 aliphatic carbocycles. The van der Waals surface area contributed by atoms with E-state index in [1.54, 1.807) is 30.9 Å². The number of nitrogens with zero attached hydrogens (tertiary/aromatic N) is 2. The van der Waals surface area contributed by atoms with E-state index in [4.69, 9.17) is 4.74 Å². The average molecular weight is 421 g/mol. The number of fused-ring (bicyclic) bond motifs is 1. The largest absolute Gasteiger partial charge is 0.466 e. The predicted molar refractivity (Wildman–Crippen MR) is 116 cm³/mol. The van der Waals surface area contributed by atoms with Crippen LogP contribution in [-0.2, 0) is 16.0 Å². The second-order valence-electron chi connectivity index (χ2n) is 6.83. The number of esters is 1. The highest BCUT2D eigenvalue weighted by Gasteiger charge is 2.19. The Hall–Kier alpha value is -3.12. The summed E-state index contributed by atoms with van der Waals surface area (Å²) in [6, 6.07) is 17.0. The molecule has 0 radical (unpaired) electrons. The molecule has 3 aromatic heterocycles. The van der Waals surface area contributed by atoms with Gasteiger partial charge in [-0.25, -0.2) is 4.39 Å². The molecule has 6 heteroatoms. The number of aromatic nitrogens is 2. The van der Waals surface area contributed by atoms with Crippen molar-refractivity contribution in [3.8, 4) is 11.3 Å². The monoisotopic (exact) mass is 420 g/mol. The summed E-state index contributed by atoms with van der Waals surface area (Å²) in [6.07, 6.45) is 3.39. The molecule has 0 aliphatic heterocycles. The quantitative estimate of drug-likeness (QED) is 0.375. The molecule has 0 amide bonds. The molecule has 3 heterocycles. The smallest absolute Gasteiger partial charge is 0.310 e. The fourth-order valence-corrected chi connectivity index (χ4v) is 4.46. The Labute approximate surface area is 178 Å². The summed E-state index contributed by atoms with van der Waals surface area (Å²) < 4.78 is 20.9. The van der Waals surface area contributed by atoms with Crippen LogP contribution in [0.25, 0.3) is 16.8 Å². The van der Waals surface area contributed by atoms with Gasteiger partial charge in [-0.2, -0.15) is 0 Å². The Morgan fingerprint density at radius 2 is 1.93 bits per heavy atom. The lowest BCUT2D eigenvalue weighted by atomic mass is 10.1. The summed E-state index contributed by atoms with van der Waals surface area (Å²) in [4.78, 5) is 17.5. The Balaban J connectivity index is 1.69. The van der Waals surface area contributed by atoms with Gasteiger partial charge in [-0.1, -0.05) is 30.0 Å². The first-order valence-corrected chi connectivity index (χ1v) is 10.5. The standard InChI is InChI=1S/C24H21FN2O2S/c1-3-29-23(28)14-20-16(2)24(27-15-18(25)9-12-22(20)27)30-19-10-7-17(8-11-19)21-6-4-5-13-26-21/h4-13,15H,3,14H2,1-2H3. The zero-order chi connectivity index (χ0) is 21.1. The van der Waals surface area contributed by atoms with Crippen molar-refractivity contribution in [2.24, 2.45) is 0 Å². The minimum atomic E-state index is -0.326. The number of hydrogen-bond acceptors (Lipinski definition) is 4. The highest BCUT2D eigenvalue weighted by atomic mass is 32.2. The fourth-order valence-electron chi connectivity index (χ4n) is 3.43. The van der Waals surface area contributed by atoms with E-state index < -0.39 is 0 Å². The lowest BCUT2D eigenvalue weighted by Gasteiger charge is -2.06. The van der Waals surface area contributed by atoms with Gasteiger partial charge in [-0.3, -0.25) is 9.78 Å². The topological polar surface area (TPSA) is 43.6 Å².